The zero-order valence-corrected chi connectivity index (χ0v) is 12.9. The number of nitrogen functional groups attached to an aromatic ring is 1. The van der Waals surface area contributed by atoms with Crippen molar-refractivity contribution in [2.45, 2.75) is 47.1 Å². The quantitative estimate of drug-likeness (QED) is 0.780. The molecular weight excluding hydrogens is 234 g/mol. The molecule has 0 aromatic carbocycles. The van der Waals surface area contributed by atoms with Crippen LogP contribution in [0.2, 0.25) is 0 Å². The van der Waals surface area contributed by atoms with Gasteiger partial charge in [-0.2, -0.15) is 0 Å². The predicted octanol–water partition coefficient (Wildman–Crippen LogP) is 3.56. The Morgan fingerprint density at radius 2 is 1.63 bits per heavy atom. The SMILES string of the molecule is CC(C)CCN(CCC(C)C)Cc1ccc(N)cn1. The number of pyridine rings is 1. The fraction of sp³-hybridized carbons (Fsp3) is 0.688. The van der Waals surface area contributed by atoms with Crippen LogP contribution in [0.25, 0.3) is 0 Å². The van der Waals surface area contributed by atoms with Gasteiger partial charge in [0.05, 0.1) is 17.6 Å². The van der Waals surface area contributed by atoms with Crippen LogP contribution >= 0.6 is 0 Å². The number of nitrogens with zero attached hydrogens (tertiary/aromatic N) is 2. The average molecular weight is 263 g/mol. The second-order valence-electron chi connectivity index (χ2n) is 6.22. The zero-order chi connectivity index (χ0) is 14.3. The van der Waals surface area contributed by atoms with Crippen molar-refractivity contribution in [3.63, 3.8) is 0 Å². The van der Waals surface area contributed by atoms with Gasteiger partial charge < -0.3 is 5.73 Å². The Morgan fingerprint density at radius 1 is 1.05 bits per heavy atom. The Kier molecular flexibility index (Phi) is 6.85. The molecule has 0 unspecified atom stereocenters. The van der Waals surface area contributed by atoms with Gasteiger partial charge in [0, 0.05) is 6.54 Å². The number of hydrogen-bond acceptors (Lipinski definition) is 3. The van der Waals surface area contributed by atoms with Crippen LogP contribution in [-0.2, 0) is 6.54 Å². The molecule has 0 aliphatic carbocycles. The van der Waals surface area contributed by atoms with Gasteiger partial charge in [-0.25, -0.2) is 0 Å². The van der Waals surface area contributed by atoms with E-state index in [9.17, 15) is 0 Å². The molecule has 0 atom stereocenters. The number of hydrogen-bond donors (Lipinski definition) is 1. The minimum atomic E-state index is 0.736. The van der Waals surface area contributed by atoms with E-state index >= 15 is 0 Å². The smallest absolute Gasteiger partial charge is 0.0545 e. The van der Waals surface area contributed by atoms with Crippen LogP contribution in [0.4, 0.5) is 5.69 Å². The molecule has 1 heterocycles. The molecule has 3 heteroatoms. The number of aromatic nitrogens is 1. The van der Waals surface area contributed by atoms with Gasteiger partial charge in [-0.1, -0.05) is 27.7 Å². The molecule has 0 saturated carbocycles. The van der Waals surface area contributed by atoms with Gasteiger partial charge >= 0.3 is 0 Å². The molecule has 0 radical (unpaired) electrons. The van der Waals surface area contributed by atoms with Gasteiger partial charge in [0.15, 0.2) is 0 Å². The molecule has 1 aromatic heterocycles. The molecule has 0 bridgehead atoms. The van der Waals surface area contributed by atoms with Crippen molar-refractivity contribution >= 4 is 5.69 Å². The van der Waals surface area contributed by atoms with Crippen LogP contribution in [0.15, 0.2) is 18.3 Å². The van der Waals surface area contributed by atoms with Crippen LogP contribution in [0.3, 0.4) is 0 Å². The molecule has 0 amide bonds. The first-order valence-electron chi connectivity index (χ1n) is 7.40. The fourth-order valence-corrected chi connectivity index (χ4v) is 1.91. The van der Waals surface area contributed by atoms with Crippen molar-refractivity contribution in [2.75, 3.05) is 18.8 Å². The number of nitrogens with two attached hydrogens (primary N) is 1. The lowest BCUT2D eigenvalue weighted by Gasteiger charge is -2.23. The maximum atomic E-state index is 5.68. The van der Waals surface area contributed by atoms with Gasteiger partial charge in [-0.3, -0.25) is 9.88 Å². The van der Waals surface area contributed by atoms with E-state index in [2.05, 4.69) is 37.6 Å². The Bertz CT molecular complexity index is 332. The Balaban J connectivity index is 2.53. The summed E-state index contributed by atoms with van der Waals surface area (Å²) in [6.07, 6.45) is 4.23. The first kappa shape index (κ1) is 16.0. The van der Waals surface area contributed by atoms with Crippen molar-refractivity contribution in [3.8, 4) is 0 Å². The second-order valence-corrected chi connectivity index (χ2v) is 6.22. The summed E-state index contributed by atoms with van der Waals surface area (Å²) >= 11 is 0. The summed E-state index contributed by atoms with van der Waals surface area (Å²) in [5, 5.41) is 0. The molecule has 0 spiro atoms. The summed E-state index contributed by atoms with van der Waals surface area (Å²) in [6.45, 7) is 12.3. The van der Waals surface area contributed by atoms with E-state index in [-0.39, 0.29) is 0 Å². The zero-order valence-electron chi connectivity index (χ0n) is 12.9. The molecule has 19 heavy (non-hydrogen) atoms. The minimum Gasteiger partial charge on any atom is -0.397 e. The molecule has 3 nitrogen and oxygen atoms in total. The Hall–Kier alpha value is -1.09. The third-order valence-corrected chi connectivity index (χ3v) is 3.28. The van der Waals surface area contributed by atoms with E-state index in [4.69, 9.17) is 5.73 Å². The minimum absolute atomic E-state index is 0.736. The summed E-state index contributed by atoms with van der Waals surface area (Å²) < 4.78 is 0. The average Bonchev–Trinajstić information content (AvgIpc) is 2.35. The van der Waals surface area contributed by atoms with Gasteiger partial charge in [0.25, 0.3) is 0 Å². The molecule has 2 N–H and O–H groups in total. The van der Waals surface area contributed by atoms with Crippen LogP contribution in [0.5, 0.6) is 0 Å². The van der Waals surface area contributed by atoms with Gasteiger partial charge in [-0.15, -0.1) is 0 Å². The Labute approximate surface area is 118 Å². The van der Waals surface area contributed by atoms with E-state index in [0.717, 1.165) is 42.9 Å². The summed E-state index contributed by atoms with van der Waals surface area (Å²) in [4.78, 5) is 6.92. The highest BCUT2D eigenvalue weighted by atomic mass is 15.1. The highest BCUT2D eigenvalue weighted by molar-refractivity contribution is 5.34. The van der Waals surface area contributed by atoms with Crippen molar-refractivity contribution in [2.24, 2.45) is 11.8 Å². The fourth-order valence-electron chi connectivity index (χ4n) is 1.91. The number of rotatable bonds is 8. The van der Waals surface area contributed by atoms with E-state index in [0.29, 0.717) is 0 Å². The molecular formula is C16H29N3. The molecule has 0 saturated heterocycles. The topological polar surface area (TPSA) is 42.1 Å². The monoisotopic (exact) mass is 263 g/mol. The first-order valence-corrected chi connectivity index (χ1v) is 7.40. The predicted molar refractivity (Wildman–Crippen MR) is 82.8 cm³/mol. The molecule has 0 fully saturated rings. The first-order chi connectivity index (χ1) is 8.97. The highest BCUT2D eigenvalue weighted by Gasteiger charge is 2.09. The molecule has 1 aromatic rings. The summed E-state index contributed by atoms with van der Waals surface area (Å²) in [6, 6.07) is 3.97. The van der Waals surface area contributed by atoms with E-state index in [1.54, 1.807) is 6.20 Å². The summed E-state index contributed by atoms with van der Waals surface area (Å²) in [5.41, 5.74) is 7.53. The van der Waals surface area contributed by atoms with E-state index in [1.807, 2.05) is 12.1 Å². The van der Waals surface area contributed by atoms with Crippen molar-refractivity contribution in [1.29, 1.82) is 0 Å². The maximum absolute atomic E-state index is 5.68. The largest absolute Gasteiger partial charge is 0.397 e. The Morgan fingerprint density at radius 3 is 2.05 bits per heavy atom. The van der Waals surface area contributed by atoms with Crippen molar-refractivity contribution in [1.82, 2.24) is 9.88 Å². The third-order valence-electron chi connectivity index (χ3n) is 3.28. The van der Waals surface area contributed by atoms with Gasteiger partial charge in [0.2, 0.25) is 0 Å². The highest BCUT2D eigenvalue weighted by Crippen LogP contribution is 2.10. The van der Waals surface area contributed by atoms with E-state index in [1.165, 1.54) is 12.8 Å². The maximum Gasteiger partial charge on any atom is 0.0545 e. The lowest BCUT2D eigenvalue weighted by molar-refractivity contribution is 0.233. The lowest BCUT2D eigenvalue weighted by Crippen LogP contribution is -2.27. The van der Waals surface area contributed by atoms with Crippen LogP contribution < -0.4 is 5.73 Å². The van der Waals surface area contributed by atoms with Crippen molar-refractivity contribution < 1.29 is 0 Å². The molecule has 108 valence electrons. The normalized spacial score (nSPS) is 11.7. The number of anilines is 1. The van der Waals surface area contributed by atoms with Gasteiger partial charge in [-0.05, 0) is 49.9 Å². The molecule has 0 aliphatic rings. The standard InChI is InChI=1S/C16H29N3/c1-13(2)7-9-19(10-8-14(3)4)12-16-6-5-15(17)11-18-16/h5-6,11,13-14H,7-10,12,17H2,1-4H3. The van der Waals surface area contributed by atoms with Crippen LogP contribution in [0.1, 0.15) is 46.2 Å². The van der Waals surface area contributed by atoms with Gasteiger partial charge in [0.1, 0.15) is 0 Å². The lowest BCUT2D eigenvalue weighted by atomic mass is 10.1. The second kappa shape index (κ2) is 8.16. The van der Waals surface area contributed by atoms with Crippen molar-refractivity contribution in [3.05, 3.63) is 24.0 Å². The summed E-state index contributed by atoms with van der Waals surface area (Å²) in [7, 11) is 0. The van der Waals surface area contributed by atoms with Crippen LogP contribution in [0, 0.1) is 11.8 Å². The van der Waals surface area contributed by atoms with Crippen LogP contribution in [-0.4, -0.2) is 23.0 Å². The molecule has 1 rings (SSSR count). The summed E-state index contributed by atoms with van der Waals surface area (Å²) in [5.74, 6) is 1.50. The molecule has 0 aliphatic heterocycles. The third kappa shape index (κ3) is 7.16. The van der Waals surface area contributed by atoms with E-state index < -0.39 is 0 Å².